The molecular formula is C12H21NO. The van der Waals surface area contributed by atoms with Crippen molar-refractivity contribution in [1.29, 1.82) is 0 Å². The maximum absolute atomic E-state index is 12.1. The number of hydrogen-bond acceptors (Lipinski definition) is 2. The van der Waals surface area contributed by atoms with E-state index >= 15 is 0 Å². The first-order valence-corrected chi connectivity index (χ1v) is 5.99. The molecule has 2 nitrogen and oxygen atoms in total. The van der Waals surface area contributed by atoms with E-state index in [0.29, 0.717) is 11.7 Å². The third-order valence-corrected chi connectivity index (χ3v) is 3.93. The molecule has 2 aliphatic rings. The molecule has 0 aromatic carbocycles. The van der Waals surface area contributed by atoms with Crippen LogP contribution in [0.2, 0.25) is 0 Å². The van der Waals surface area contributed by atoms with Gasteiger partial charge in [-0.05, 0) is 38.6 Å². The molecule has 0 aromatic rings. The standard InChI is InChI=1S/C12H21NO/c1-12(7-2-3-8-13-12)11(14)9-10-5-4-6-10/h10,13H,2-9H2,1H3. The van der Waals surface area contributed by atoms with Gasteiger partial charge in [-0.3, -0.25) is 4.79 Å². The van der Waals surface area contributed by atoms with Gasteiger partial charge in [-0.2, -0.15) is 0 Å². The van der Waals surface area contributed by atoms with E-state index in [9.17, 15) is 4.79 Å². The number of piperidine rings is 1. The predicted octanol–water partition coefficient (Wildman–Crippen LogP) is 2.28. The van der Waals surface area contributed by atoms with Crippen molar-refractivity contribution in [3.05, 3.63) is 0 Å². The van der Waals surface area contributed by atoms with E-state index in [4.69, 9.17) is 0 Å². The Morgan fingerprint density at radius 3 is 2.64 bits per heavy atom. The van der Waals surface area contributed by atoms with E-state index in [-0.39, 0.29) is 5.54 Å². The molecule has 1 heterocycles. The molecule has 0 amide bonds. The highest BCUT2D eigenvalue weighted by Crippen LogP contribution is 2.32. The zero-order chi connectivity index (χ0) is 10.0. The van der Waals surface area contributed by atoms with Crippen molar-refractivity contribution >= 4 is 5.78 Å². The van der Waals surface area contributed by atoms with Gasteiger partial charge in [0.2, 0.25) is 0 Å². The van der Waals surface area contributed by atoms with Crippen LogP contribution >= 0.6 is 0 Å². The quantitative estimate of drug-likeness (QED) is 0.748. The SMILES string of the molecule is CC1(C(=O)CC2CCC2)CCCCN1. The Labute approximate surface area is 86.5 Å². The van der Waals surface area contributed by atoms with Crippen molar-refractivity contribution in [3.8, 4) is 0 Å². The summed E-state index contributed by atoms with van der Waals surface area (Å²) in [6.07, 6.45) is 8.19. The van der Waals surface area contributed by atoms with Gasteiger partial charge in [-0.25, -0.2) is 0 Å². The third kappa shape index (κ3) is 2.00. The molecule has 2 fully saturated rings. The fourth-order valence-electron chi connectivity index (χ4n) is 2.48. The van der Waals surface area contributed by atoms with Crippen LogP contribution < -0.4 is 5.32 Å². The maximum atomic E-state index is 12.1. The van der Waals surface area contributed by atoms with Crippen molar-refractivity contribution < 1.29 is 4.79 Å². The maximum Gasteiger partial charge on any atom is 0.152 e. The Kier molecular flexibility index (Phi) is 2.91. The minimum Gasteiger partial charge on any atom is -0.305 e. The number of Topliss-reactive ketones (excluding diaryl/α,β-unsaturated/α-hetero) is 1. The Hall–Kier alpha value is -0.370. The summed E-state index contributed by atoms with van der Waals surface area (Å²) in [5.74, 6) is 1.17. The molecule has 1 saturated carbocycles. The predicted molar refractivity (Wildman–Crippen MR) is 57.2 cm³/mol. The van der Waals surface area contributed by atoms with E-state index in [1.54, 1.807) is 0 Å². The van der Waals surface area contributed by atoms with Crippen LogP contribution in [0.4, 0.5) is 0 Å². The zero-order valence-corrected chi connectivity index (χ0v) is 9.14. The highest BCUT2D eigenvalue weighted by molar-refractivity contribution is 5.88. The Bertz CT molecular complexity index is 214. The van der Waals surface area contributed by atoms with E-state index in [1.165, 1.54) is 32.1 Å². The molecule has 1 saturated heterocycles. The molecule has 2 heteroatoms. The van der Waals surface area contributed by atoms with Crippen LogP contribution in [0.3, 0.4) is 0 Å². The number of rotatable bonds is 3. The van der Waals surface area contributed by atoms with Crippen LogP contribution in [-0.2, 0) is 4.79 Å². The van der Waals surface area contributed by atoms with Gasteiger partial charge in [-0.1, -0.05) is 19.3 Å². The number of nitrogens with one attached hydrogen (secondary N) is 1. The molecule has 1 aliphatic carbocycles. The highest BCUT2D eigenvalue weighted by Gasteiger charge is 2.35. The lowest BCUT2D eigenvalue weighted by molar-refractivity contribution is -0.127. The van der Waals surface area contributed by atoms with E-state index < -0.39 is 0 Å². The summed E-state index contributed by atoms with van der Waals surface area (Å²) in [4.78, 5) is 12.1. The molecule has 1 atom stereocenters. The van der Waals surface area contributed by atoms with E-state index in [1.807, 2.05) is 0 Å². The van der Waals surface area contributed by atoms with Crippen LogP contribution in [0.25, 0.3) is 0 Å². The van der Waals surface area contributed by atoms with Crippen molar-refractivity contribution in [1.82, 2.24) is 5.32 Å². The molecule has 1 unspecified atom stereocenters. The van der Waals surface area contributed by atoms with Crippen molar-refractivity contribution in [2.45, 2.75) is 57.4 Å². The number of ketones is 1. The molecule has 0 aromatic heterocycles. The van der Waals surface area contributed by atoms with Gasteiger partial charge in [0.1, 0.15) is 0 Å². The molecule has 2 rings (SSSR count). The Morgan fingerprint density at radius 2 is 2.14 bits per heavy atom. The second kappa shape index (κ2) is 4.01. The molecule has 1 N–H and O–H groups in total. The Morgan fingerprint density at radius 1 is 1.36 bits per heavy atom. The van der Waals surface area contributed by atoms with Gasteiger partial charge < -0.3 is 5.32 Å². The van der Waals surface area contributed by atoms with Crippen LogP contribution in [0, 0.1) is 5.92 Å². The lowest BCUT2D eigenvalue weighted by Crippen LogP contribution is -2.52. The first-order valence-electron chi connectivity index (χ1n) is 5.99. The summed E-state index contributed by atoms with van der Waals surface area (Å²) in [5, 5.41) is 3.40. The monoisotopic (exact) mass is 195 g/mol. The van der Waals surface area contributed by atoms with E-state index in [2.05, 4.69) is 12.2 Å². The summed E-state index contributed by atoms with van der Waals surface area (Å²) in [5.41, 5.74) is -0.187. The van der Waals surface area contributed by atoms with Gasteiger partial charge in [0.05, 0.1) is 5.54 Å². The summed E-state index contributed by atoms with van der Waals surface area (Å²) in [7, 11) is 0. The molecule has 0 bridgehead atoms. The minimum atomic E-state index is -0.187. The molecule has 1 aliphatic heterocycles. The third-order valence-electron chi connectivity index (χ3n) is 3.93. The van der Waals surface area contributed by atoms with Crippen LogP contribution in [0.5, 0.6) is 0 Å². The summed E-state index contributed by atoms with van der Waals surface area (Å²) < 4.78 is 0. The fourth-order valence-corrected chi connectivity index (χ4v) is 2.48. The van der Waals surface area contributed by atoms with Gasteiger partial charge in [0.15, 0.2) is 5.78 Å². The first kappa shape index (κ1) is 10.2. The average molecular weight is 195 g/mol. The topological polar surface area (TPSA) is 29.1 Å². The molecule has 80 valence electrons. The lowest BCUT2D eigenvalue weighted by Gasteiger charge is -2.36. The number of carbonyl (C=O) groups is 1. The van der Waals surface area contributed by atoms with Crippen LogP contribution in [0.15, 0.2) is 0 Å². The Balaban J connectivity index is 1.87. The van der Waals surface area contributed by atoms with Crippen LogP contribution in [0.1, 0.15) is 51.9 Å². The number of carbonyl (C=O) groups excluding carboxylic acids is 1. The van der Waals surface area contributed by atoms with Gasteiger partial charge in [-0.15, -0.1) is 0 Å². The molecule has 0 radical (unpaired) electrons. The second-order valence-corrected chi connectivity index (χ2v) is 5.14. The lowest BCUT2D eigenvalue weighted by atomic mass is 9.76. The normalized spacial score (nSPS) is 33.8. The van der Waals surface area contributed by atoms with Crippen molar-refractivity contribution in [2.75, 3.05) is 6.54 Å². The second-order valence-electron chi connectivity index (χ2n) is 5.14. The van der Waals surface area contributed by atoms with Gasteiger partial charge >= 0.3 is 0 Å². The van der Waals surface area contributed by atoms with Gasteiger partial charge in [0.25, 0.3) is 0 Å². The van der Waals surface area contributed by atoms with Gasteiger partial charge in [0, 0.05) is 6.42 Å². The summed E-state index contributed by atoms with van der Waals surface area (Å²) in [6.45, 7) is 3.11. The largest absolute Gasteiger partial charge is 0.305 e. The minimum absolute atomic E-state index is 0.187. The fraction of sp³-hybridized carbons (Fsp3) is 0.917. The van der Waals surface area contributed by atoms with E-state index in [0.717, 1.165) is 19.4 Å². The number of hydrogen-bond donors (Lipinski definition) is 1. The molecule has 14 heavy (non-hydrogen) atoms. The molecular weight excluding hydrogens is 174 g/mol. The highest BCUT2D eigenvalue weighted by atomic mass is 16.1. The van der Waals surface area contributed by atoms with Crippen molar-refractivity contribution in [3.63, 3.8) is 0 Å². The summed E-state index contributed by atoms with van der Waals surface area (Å²) in [6, 6.07) is 0. The molecule has 0 spiro atoms. The summed E-state index contributed by atoms with van der Waals surface area (Å²) >= 11 is 0. The smallest absolute Gasteiger partial charge is 0.152 e. The van der Waals surface area contributed by atoms with Crippen molar-refractivity contribution in [2.24, 2.45) is 5.92 Å². The first-order chi connectivity index (χ1) is 6.71. The average Bonchev–Trinajstić information content (AvgIpc) is 2.12. The zero-order valence-electron chi connectivity index (χ0n) is 9.14. The van der Waals surface area contributed by atoms with Crippen LogP contribution in [-0.4, -0.2) is 17.9 Å².